The molecule has 0 aliphatic rings. The molecule has 0 unspecified atom stereocenters. The van der Waals surface area contributed by atoms with Crippen LogP contribution >= 0.6 is 0 Å². The van der Waals surface area contributed by atoms with Crippen molar-refractivity contribution in [2.75, 3.05) is 19.6 Å². The fourth-order valence-electron chi connectivity index (χ4n) is 0.771. The van der Waals surface area contributed by atoms with Gasteiger partial charge in [-0.25, -0.2) is 0 Å². The predicted molar refractivity (Wildman–Crippen MR) is 47.0 cm³/mol. The highest BCUT2D eigenvalue weighted by molar-refractivity contribution is 4.83. The lowest BCUT2D eigenvalue weighted by molar-refractivity contribution is 0.373. The molecule has 0 amide bonds. The van der Waals surface area contributed by atoms with Crippen LogP contribution in [-0.2, 0) is 0 Å². The fraction of sp³-hybridized carbons (Fsp3) is 0.333. The van der Waals surface area contributed by atoms with Gasteiger partial charge >= 0.3 is 0 Å². The first kappa shape index (κ1) is 9.18. The lowest BCUT2D eigenvalue weighted by Crippen LogP contribution is -2.23. The summed E-state index contributed by atoms with van der Waals surface area (Å²) in [5, 5.41) is 0. The maximum Gasteiger partial charge on any atom is 0.0167 e. The van der Waals surface area contributed by atoms with Crippen LogP contribution < -0.4 is 0 Å². The van der Waals surface area contributed by atoms with Crippen LogP contribution in [0.4, 0.5) is 0 Å². The molecule has 10 heavy (non-hydrogen) atoms. The molecule has 0 heterocycles. The summed E-state index contributed by atoms with van der Waals surface area (Å²) >= 11 is 0. The van der Waals surface area contributed by atoms with Gasteiger partial charge in [0.25, 0.3) is 0 Å². The topological polar surface area (TPSA) is 3.24 Å². The van der Waals surface area contributed by atoms with Crippen LogP contribution in [-0.4, -0.2) is 24.5 Å². The molecule has 1 nitrogen and oxygen atoms in total. The van der Waals surface area contributed by atoms with Crippen molar-refractivity contribution in [3.63, 3.8) is 0 Å². The molecule has 56 valence electrons. The van der Waals surface area contributed by atoms with E-state index in [0.717, 1.165) is 19.6 Å². The fourth-order valence-corrected chi connectivity index (χ4v) is 0.771. The SMILES string of the molecule is C=CCN(CC=C)[13CH2]C=C. The second kappa shape index (κ2) is 6.30. The van der Waals surface area contributed by atoms with Crippen LogP contribution in [0, 0.1) is 0 Å². The molecule has 0 fully saturated rings. The van der Waals surface area contributed by atoms with Crippen molar-refractivity contribution in [2.24, 2.45) is 0 Å². The molecule has 0 aromatic rings. The van der Waals surface area contributed by atoms with Crippen molar-refractivity contribution in [3.05, 3.63) is 38.0 Å². The monoisotopic (exact) mass is 138 g/mol. The minimum absolute atomic E-state index is 0.901. The Morgan fingerprint density at radius 1 is 0.800 bits per heavy atom. The van der Waals surface area contributed by atoms with E-state index >= 15 is 0 Å². The molecule has 0 aliphatic carbocycles. The van der Waals surface area contributed by atoms with E-state index in [-0.39, 0.29) is 0 Å². The van der Waals surface area contributed by atoms with Crippen molar-refractivity contribution in [3.8, 4) is 0 Å². The number of hydrogen-bond acceptors (Lipinski definition) is 1. The Balaban J connectivity index is 3.58. The average Bonchev–Trinajstić information content (AvgIpc) is 1.90. The quantitative estimate of drug-likeness (QED) is 0.400. The van der Waals surface area contributed by atoms with Crippen LogP contribution in [0.1, 0.15) is 0 Å². The van der Waals surface area contributed by atoms with Crippen LogP contribution in [0.25, 0.3) is 0 Å². The second-order valence-corrected chi connectivity index (χ2v) is 2.08. The molecule has 0 atom stereocenters. The summed E-state index contributed by atoms with van der Waals surface area (Å²) in [7, 11) is 0. The van der Waals surface area contributed by atoms with Crippen LogP contribution in [0.3, 0.4) is 0 Å². The third kappa shape index (κ3) is 4.10. The normalized spacial score (nSPS) is 9.30. The smallest absolute Gasteiger partial charge is 0.0167 e. The first-order valence-corrected chi connectivity index (χ1v) is 3.40. The third-order valence-electron chi connectivity index (χ3n) is 1.16. The zero-order chi connectivity index (χ0) is 7.82. The summed E-state index contributed by atoms with van der Waals surface area (Å²) in [6.07, 6.45) is 5.65. The van der Waals surface area contributed by atoms with Crippen molar-refractivity contribution in [2.45, 2.75) is 0 Å². The number of hydrogen-bond donors (Lipinski definition) is 0. The highest BCUT2D eigenvalue weighted by Crippen LogP contribution is 1.87. The minimum atomic E-state index is 0.901. The van der Waals surface area contributed by atoms with E-state index < -0.39 is 0 Å². The zero-order valence-electron chi connectivity index (χ0n) is 6.42. The van der Waals surface area contributed by atoms with Gasteiger partial charge < -0.3 is 0 Å². The summed E-state index contributed by atoms with van der Waals surface area (Å²) < 4.78 is 0. The molecule has 0 aromatic heterocycles. The van der Waals surface area contributed by atoms with E-state index in [1.807, 2.05) is 18.2 Å². The lowest BCUT2D eigenvalue weighted by Gasteiger charge is -2.15. The van der Waals surface area contributed by atoms with Gasteiger partial charge in [-0.2, -0.15) is 0 Å². The van der Waals surface area contributed by atoms with Gasteiger partial charge in [0.2, 0.25) is 0 Å². The molecule has 0 radical (unpaired) electrons. The first-order valence-electron chi connectivity index (χ1n) is 3.40. The Hall–Kier alpha value is -0.820. The Kier molecular flexibility index (Phi) is 5.79. The molecule has 0 N–H and O–H groups in total. The van der Waals surface area contributed by atoms with Gasteiger partial charge in [0.1, 0.15) is 0 Å². The molecule has 0 aromatic carbocycles. The Morgan fingerprint density at radius 3 is 1.30 bits per heavy atom. The van der Waals surface area contributed by atoms with Crippen LogP contribution in [0.15, 0.2) is 38.0 Å². The third-order valence-corrected chi connectivity index (χ3v) is 1.16. The molecule has 1 heteroatoms. The first-order chi connectivity index (χ1) is 4.85. The van der Waals surface area contributed by atoms with Gasteiger partial charge in [0, 0.05) is 19.6 Å². The van der Waals surface area contributed by atoms with Gasteiger partial charge in [-0.3, -0.25) is 4.90 Å². The second-order valence-electron chi connectivity index (χ2n) is 2.08. The Labute approximate surface area is 63.3 Å². The Bertz CT molecular complexity index is 92.1. The van der Waals surface area contributed by atoms with Crippen molar-refractivity contribution >= 4 is 0 Å². The van der Waals surface area contributed by atoms with Crippen molar-refractivity contribution in [1.82, 2.24) is 4.90 Å². The van der Waals surface area contributed by atoms with Gasteiger partial charge in [0.05, 0.1) is 0 Å². The van der Waals surface area contributed by atoms with Crippen LogP contribution in [0.5, 0.6) is 0 Å². The highest BCUT2D eigenvalue weighted by atomic mass is 15.2. The van der Waals surface area contributed by atoms with Gasteiger partial charge in [-0.05, 0) is 0 Å². The molecule has 0 rings (SSSR count). The van der Waals surface area contributed by atoms with Gasteiger partial charge in [0.15, 0.2) is 0 Å². The number of nitrogens with zero attached hydrogens (tertiary/aromatic N) is 1. The molecule has 0 aliphatic heterocycles. The maximum absolute atomic E-state index is 3.65. The summed E-state index contributed by atoms with van der Waals surface area (Å²) in [6.45, 7) is 13.7. The van der Waals surface area contributed by atoms with E-state index in [1.165, 1.54) is 0 Å². The number of rotatable bonds is 6. The molecular weight excluding hydrogens is 123 g/mol. The molecular formula is C9H15N. The van der Waals surface area contributed by atoms with E-state index in [2.05, 4.69) is 24.6 Å². The standard InChI is InChI=1S/C9H15N/c1-4-7-10(8-5-2)9-6-3/h4-6H,1-3,7-9H2/i7+1. The molecule has 0 spiro atoms. The van der Waals surface area contributed by atoms with Crippen molar-refractivity contribution in [1.29, 1.82) is 0 Å². The average molecular weight is 138 g/mol. The highest BCUT2D eigenvalue weighted by Gasteiger charge is 1.94. The molecule has 0 saturated carbocycles. The van der Waals surface area contributed by atoms with E-state index in [4.69, 9.17) is 0 Å². The summed E-state index contributed by atoms with van der Waals surface area (Å²) in [5.74, 6) is 0. The van der Waals surface area contributed by atoms with E-state index in [9.17, 15) is 0 Å². The molecule has 0 saturated heterocycles. The maximum atomic E-state index is 3.65. The van der Waals surface area contributed by atoms with E-state index in [1.54, 1.807) is 0 Å². The van der Waals surface area contributed by atoms with Gasteiger partial charge in [-0.15, -0.1) is 19.7 Å². The summed E-state index contributed by atoms with van der Waals surface area (Å²) in [4.78, 5) is 2.19. The van der Waals surface area contributed by atoms with E-state index in [0.29, 0.717) is 0 Å². The zero-order valence-corrected chi connectivity index (χ0v) is 6.42. The largest absolute Gasteiger partial charge is 0.292 e. The summed E-state index contributed by atoms with van der Waals surface area (Å²) in [6, 6.07) is 0. The van der Waals surface area contributed by atoms with Crippen LogP contribution in [0.2, 0.25) is 0 Å². The Morgan fingerprint density at radius 2 is 1.10 bits per heavy atom. The van der Waals surface area contributed by atoms with Crippen molar-refractivity contribution < 1.29 is 0 Å². The predicted octanol–water partition coefficient (Wildman–Crippen LogP) is 1.85. The summed E-state index contributed by atoms with van der Waals surface area (Å²) in [5.41, 5.74) is 0. The minimum Gasteiger partial charge on any atom is -0.292 e. The van der Waals surface area contributed by atoms with Gasteiger partial charge in [-0.1, -0.05) is 18.2 Å². The lowest BCUT2D eigenvalue weighted by atomic mass is 10.5. The molecule has 0 bridgehead atoms.